The lowest BCUT2D eigenvalue weighted by Crippen LogP contribution is -2.25. The molecule has 0 fully saturated rings. The first kappa shape index (κ1) is 16.4. The van der Waals surface area contributed by atoms with Crippen LogP contribution in [0.2, 0.25) is 0 Å². The summed E-state index contributed by atoms with van der Waals surface area (Å²) in [5, 5.41) is 13.4. The highest BCUT2D eigenvalue weighted by atomic mass is 16.6. The Morgan fingerprint density at radius 1 is 1.17 bits per heavy atom. The van der Waals surface area contributed by atoms with Crippen molar-refractivity contribution in [2.75, 3.05) is 6.54 Å². The van der Waals surface area contributed by atoms with Gasteiger partial charge in [0.15, 0.2) is 0 Å². The van der Waals surface area contributed by atoms with Crippen LogP contribution in [-0.4, -0.2) is 17.4 Å². The SMILES string of the molecule is CC(CNC(=O)/C=C/c1ccc([N+](=O)[O-])cc1)c1ccccc1. The number of nitro benzene ring substituents is 1. The summed E-state index contributed by atoms with van der Waals surface area (Å²) in [4.78, 5) is 21.9. The topological polar surface area (TPSA) is 72.2 Å². The Balaban J connectivity index is 1.85. The highest BCUT2D eigenvalue weighted by molar-refractivity contribution is 5.91. The van der Waals surface area contributed by atoms with Gasteiger partial charge in [-0.25, -0.2) is 0 Å². The van der Waals surface area contributed by atoms with Crippen LogP contribution in [0.5, 0.6) is 0 Å². The number of nitro groups is 1. The molecule has 0 saturated carbocycles. The summed E-state index contributed by atoms with van der Waals surface area (Å²) in [6.07, 6.45) is 3.06. The third-order valence-electron chi connectivity index (χ3n) is 3.48. The van der Waals surface area contributed by atoms with Crippen LogP contribution in [0.25, 0.3) is 6.08 Å². The van der Waals surface area contributed by atoms with Crippen molar-refractivity contribution in [2.24, 2.45) is 0 Å². The quantitative estimate of drug-likeness (QED) is 0.504. The number of non-ortho nitro benzene ring substituents is 1. The maximum atomic E-state index is 11.8. The predicted octanol–water partition coefficient (Wildman–Crippen LogP) is 3.53. The van der Waals surface area contributed by atoms with Gasteiger partial charge in [0.05, 0.1) is 4.92 Å². The number of hydrogen-bond donors (Lipinski definition) is 1. The van der Waals surface area contributed by atoms with E-state index in [9.17, 15) is 14.9 Å². The van der Waals surface area contributed by atoms with Gasteiger partial charge < -0.3 is 5.32 Å². The molecule has 23 heavy (non-hydrogen) atoms. The van der Waals surface area contributed by atoms with Crippen molar-refractivity contribution >= 4 is 17.7 Å². The molecule has 1 N–H and O–H groups in total. The second kappa shape index (κ2) is 7.89. The van der Waals surface area contributed by atoms with E-state index in [1.54, 1.807) is 18.2 Å². The van der Waals surface area contributed by atoms with Gasteiger partial charge in [-0.3, -0.25) is 14.9 Å². The minimum Gasteiger partial charge on any atom is -0.352 e. The van der Waals surface area contributed by atoms with Gasteiger partial charge in [-0.15, -0.1) is 0 Å². The maximum absolute atomic E-state index is 11.8. The lowest BCUT2D eigenvalue weighted by Gasteiger charge is -2.11. The normalized spacial score (nSPS) is 12.0. The highest BCUT2D eigenvalue weighted by Gasteiger charge is 2.06. The van der Waals surface area contributed by atoms with E-state index >= 15 is 0 Å². The van der Waals surface area contributed by atoms with Crippen LogP contribution in [0.3, 0.4) is 0 Å². The standard InChI is InChI=1S/C18H18N2O3/c1-14(16-5-3-2-4-6-16)13-19-18(21)12-9-15-7-10-17(11-8-15)20(22)23/h2-12,14H,13H2,1H3,(H,19,21)/b12-9+. The molecular formula is C18H18N2O3. The molecule has 0 aliphatic heterocycles. The zero-order chi connectivity index (χ0) is 16.7. The number of hydrogen-bond acceptors (Lipinski definition) is 3. The van der Waals surface area contributed by atoms with Crippen LogP contribution >= 0.6 is 0 Å². The third-order valence-corrected chi connectivity index (χ3v) is 3.48. The van der Waals surface area contributed by atoms with Crippen LogP contribution in [0.15, 0.2) is 60.7 Å². The van der Waals surface area contributed by atoms with E-state index in [1.165, 1.54) is 23.8 Å². The molecule has 118 valence electrons. The fourth-order valence-corrected chi connectivity index (χ4v) is 2.09. The van der Waals surface area contributed by atoms with Crippen molar-refractivity contribution in [3.8, 4) is 0 Å². The van der Waals surface area contributed by atoms with Crippen molar-refractivity contribution < 1.29 is 9.72 Å². The third kappa shape index (κ3) is 5.07. The smallest absolute Gasteiger partial charge is 0.269 e. The Morgan fingerprint density at radius 3 is 2.43 bits per heavy atom. The number of nitrogens with zero attached hydrogens (tertiary/aromatic N) is 1. The second-order valence-electron chi connectivity index (χ2n) is 5.24. The van der Waals surface area contributed by atoms with E-state index in [0.29, 0.717) is 6.54 Å². The number of carbonyl (C=O) groups is 1. The van der Waals surface area contributed by atoms with Crippen LogP contribution in [0.4, 0.5) is 5.69 Å². The zero-order valence-corrected chi connectivity index (χ0v) is 12.8. The van der Waals surface area contributed by atoms with E-state index < -0.39 is 4.92 Å². The molecule has 5 heteroatoms. The summed E-state index contributed by atoms with van der Waals surface area (Å²) in [6.45, 7) is 2.60. The molecule has 1 atom stereocenters. The fraction of sp³-hybridized carbons (Fsp3) is 0.167. The Bertz CT molecular complexity index is 694. The monoisotopic (exact) mass is 310 g/mol. The molecule has 2 rings (SSSR count). The summed E-state index contributed by atoms with van der Waals surface area (Å²) < 4.78 is 0. The average Bonchev–Trinajstić information content (AvgIpc) is 2.59. The molecule has 0 saturated heterocycles. The summed E-state index contributed by atoms with van der Waals surface area (Å²) in [5.74, 6) is 0.0408. The Kier molecular flexibility index (Phi) is 5.63. The highest BCUT2D eigenvalue weighted by Crippen LogP contribution is 2.14. The molecule has 2 aromatic carbocycles. The number of rotatable bonds is 6. The average molecular weight is 310 g/mol. The zero-order valence-electron chi connectivity index (χ0n) is 12.8. The van der Waals surface area contributed by atoms with E-state index in [1.807, 2.05) is 30.3 Å². The lowest BCUT2D eigenvalue weighted by molar-refractivity contribution is -0.384. The predicted molar refractivity (Wildman–Crippen MR) is 90.0 cm³/mol. The molecule has 5 nitrogen and oxygen atoms in total. The largest absolute Gasteiger partial charge is 0.352 e. The first-order chi connectivity index (χ1) is 11.1. The van der Waals surface area contributed by atoms with Gasteiger partial charge in [0, 0.05) is 24.8 Å². The summed E-state index contributed by atoms with van der Waals surface area (Å²) >= 11 is 0. The van der Waals surface area contributed by atoms with E-state index in [-0.39, 0.29) is 17.5 Å². The van der Waals surface area contributed by atoms with Gasteiger partial charge in [-0.2, -0.15) is 0 Å². The van der Waals surface area contributed by atoms with Crippen LogP contribution in [0, 0.1) is 10.1 Å². The molecule has 0 aromatic heterocycles. The van der Waals surface area contributed by atoms with E-state index in [0.717, 1.165) is 5.56 Å². The second-order valence-corrected chi connectivity index (χ2v) is 5.24. The molecule has 1 amide bonds. The Morgan fingerprint density at radius 2 is 1.83 bits per heavy atom. The Labute approximate surface area is 134 Å². The number of carbonyl (C=O) groups excluding carboxylic acids is 1. The van der Waals surface area contributed by atoms with Crippen molar-refractivity contribution in [1.29, 1.82) is 0 Å². The Hall–Kier alpha value is -2.95. The first-order valence-corrected chi connectivity index (χ1v) is 7.31. The fourth-order valence-electron chi connectivity index (χ4n) is 2.09. The number of nitrogens with one attached hydrogen (secondary N) is 1. The van der Waals surface area contributed by atoms with Gasteiger partial charge in [0.25, 0.3) is 5.69 Å². The molecule has 0 bridgehead atoms. The molecule has 0 heterocycles. The first-order valence-electron chi connectivity index (χ1n) is 7.31. The minimum atomic E-state index is -0.453. The number of benzene rings is 2. The molecule has 2 aromatic rings. The van der Waals surface area contributed by atoms with Crippen molar-refractivity contribution in [1.82, 2.24) is 5.32 Å². The molecular weight excluding hydrogens is 292 g/mol. The maximum Gasteiger partial charge on any atom is 0.269 e. The van der Waals surface area contributed by atoms with Crippen molar-refractivity contribution in [3.63, 3.8) is 0 Å². The summed E-state index contributed by atoms with van der Waals surface area (Å²) in [5.41, 5.74) is 1.94. The molecule has 0 spiro atoms. The van der Waals surface area contributed by atoms with Crippen molar-refractivity contribution in [3.05, 3.63) is 81.9 Å². The van der Waals surface area contributed by atoms with Gasteiger partial charge in [0.1, 0.15) is 0 Å². The van der Waals surface area contributed by atoms with E-state index in [2.05, 4.69) is 12.2 Å². The lowest BCUT2D eigenvalue weighted by atomic mass is 10.0. The van der Waals surface area contributed by atoms with Crippen molar-refractivity contribution in [2.45, 2.75) is 12.8 Å². The van der Waals surface area contributed by atoms with Gasteiger partial charge >= 0.3 is 0 Å². The molecule has 0 aliphatic rings. The minimum absolute atomic E-state index is 0.0308. The number of amides is 1. The van der Waals surface area contributed by atoms with Gasteiger partial charge in [-0.1, -0.05) is 37.3 Å². The van der Waals surface area contributed by atoms with Crippen LogP contribution < -0.4 is 5.32 Å². The van der Waals surface area contributed by atoms with E-state index in [4.69, 9.17) is 0 Å². The van der Waals surface area contributed by atoms with Gasteiger partial charge in [-0.05, 0) is 35.3 Å². The van der Waals surface area contributed by atoms with Gasteiger partial charge in [0.2, 0.25) is 5.91 Å². The summed E-state index contributed by atoms with van der Waals surface area (Å²) in [6, 6.07) is 16.0. The summed E-state index contributed by atoms with van der Waals surface area (Å²) in [7, 11) is 0. The van der Waals surface area contributed by atoms with Crippen LogP contribution in [0.1, 0.15) is 24.0 Å². The molecule has 1 unspecified atom stereocenters. The molecule has 0 aliphatic carbocycles. The molecule has 0 radical (unpaired) electrons. The van der Waals surface area contributed by atoms with Crippen LogP contribution in [-0.2, 0) is 4.79 Å².